The molecule has 1 amide bonds. The van der Waals surface area contributed by atoms with Crippen LogP contribution in [-0.4, -0.2) is 42.4 Å². The Hall–Kier alpha value is -2.33. The van der Waals surface area contributed by atoms with Crippen molar-refractivity contribution >= 4 is 11.6 Å². The first-order chi connectivity index (χ1) is 12.5. The van der Waals surface area contributed by atoms with Crippen LogP contribution in [0.25, 0.3) is 0 Å². The Morgan fingerprint density at radius 1 is 1.15 bits per heavy atom. The number of aryl methyl sites for hydroxylation is 1. The second-order valence-corrected chi connectivity index (χ2v) is 7.49. The van der Waals surface area contributed by atoms with Gasteiger partial charge in [0, 0.05) is 37.4 Å². The van der Waals surface area contributed by atoms with Gasteiger partial charge in [-0.25, -0.2) is 0 Å². The highest BCUT2D eigenvalue weighted by atomic mass is 16.2. The minimum absolute atomic E-state index is 0.117. The maximum absolute atomic E-state index is 12.8. The fraction of sp³-hybridized carbons (Fsp3) is 0.409. The molecule has 3 rings (SSSR count). The van der Waals surface area contributed by atoms with Gasteiger partial charge in [0.05, 0.1) is 0 Å². The smallest absolute Gasteiger partial charge is 0.254 e. The molecule has 0 radical (unpaired) electrons. The summed E-state index contributed by atoms with van der Waals surface area (Å²) >= 11 is 0. The Morgan fingerprint density at radius 2 is 1.85 bits per heavy atom. The fourth-order valence-electron chi connectivity index (χ4n) is 3.76. The van der Waals surface area contributed by atoms with Crippen molar-refractivity contribution in [2.24, 2.45) is 5.92 Å². The van der Waals surface area contributed by atoms with E-state index in [0.29, 0.717) is 11.6 Å². The molecule has 0 spiro atoms. The van der Waals surface area contributed by atoms with Gasteiger partial charge < -0.3 is 15.5 Å². The van der Waals surface area contributed by atoms with Crippen LogP contribution in [0.4, 0.5) is 5.69 Å². The molecule has 26 heavy (non-hydrogen) atoms. The van der Waals surface area contributed by atoms with Crippen LogP contribution >= 0.6 is 0 Å². The van der Waals surface area contributed by atoms with E-state index in [2.05, 4.69) is 42.3 Å². The molecule has 1 saturated heterocycles. The van der Waals surface area contributed by atoms with E-state index in [9.17, 15) is 4.79 Å². The molecule has 0 unspecified atom stereocenters. The number of nitrogen functional groups attached to an aromatic ring is 1. The minimum Gasteiger partial charge on any atom is -0.399 e. The lowest BCUT2D eigenvalue weighted by atomic mass is 9.95. The Balaban J connectivity index is 1.51. The maximum atomic E-state index is 12.8. The van der Waals surface area contributed by atoms with Gasteiger partial charge in [0.25, 0.3) is 5.91 Å². The molecule has 0 aliphatic carbocycles. The first kappa shape index (κ1) is 18.5. The molecular weight excluding hydrogens is 322 g/mol. The van der Waals surface area contributed by atoms with Gasteiger partial charge in [0.2, 0.25) is 0 Å². The highest BCUT2D eigenvalue weighted by molar-refractivity contribution is 5.96. The number of hydrogen-bond acceptors (Lipinski definition) is 3. The van der Waals surface area contributed by atoms with Gasteiger partial charge in [-0.1, -0.05) is 36.4 Å². The summed E-state index contributed by atoms with van der Waals surface area (Å²) in [6.45, 7) is 5.68. The normalized spacial score (nSPS) is 15.4. The molecule has 2 N–H and O–H groups in total. The third kappa shape index (κ3) is 4.64. The van der Waals surface area contributed by atoms with E-state index in [-0.39, 0.29) is 5.91 Å². The Bertz CT molecular complexity index is 736. The van der Waals surface area contributed by atoms with Crippen LogP contribution in [0.3, 0.4) is 0 Å². The second-order valence-electron chi connectivity index (χ2n) is 7.49. The molecule has 2 aromatic rings. The van der Waals surface area contributed by atoms with Crippen LogP contribution < -0.4 is 5.73 Å². The van der Waals surface area contributed by atoms with E-state index in [1.54, 1.807) is 6.07 Å². The van der Waals surface area contributed by atoms with Crippen molar-refractivity contribution in [1.29, 1.82) is 0 Å². The van der Waals surface area contributed by atoms with Crippen LogP contribution in [-0.2, 0) is 6.54 Å². The summed E-state index contributed by atoms with van der Waals surface area (Å²) < 4.78 is 0. The summed E-state index contributed by atoms with van der Waals surface area (Å²) in [5, 5.41) is 0. The second kappa shape index (κ2) is 8.37. The number of anilines is 1. The third-order valence-electron chi connectivity index (χ3n) is 5.26. The number of hydrogen-bond donors (Lipinski definition) is 1. The number of carbonyl (C=O) groups excluding carboxylic acids is 1. The first-order valence-corrected chi connectivity index (χ1v) is 9.41. The van der Waals surface area contributed by atoms with Crippen molar-refractivity contribution in [3.8, 4) is 0 Å². The van der Waals surface area contributed by atoms with Crippen molar-refractivity contribution in [3.05, 3.63) is 65.2 Å². The van der Waals surface area contributed by atoms with E-state index >= 15 is 0 Å². The zero-order valence-corrected chi connectivity index (χ0v) is 15.8. The van der Waals surface area contributed by atoms with Gasteiger partial charge in [-0.05, 0) is 56.0 Å². The van der Waals surface area contributed by atoms with Crippen molar-refractivity contribution < 1.29 is 4.79 Å². The molecular formula is C22H29N3O. The maximum Gasteiger partial charge on any atom is 0.254 e. The summed E-state index contributed by atoms with van der Waals surface area (Å²) in [5.41, 5.74) is 9.59. The quantitative estimate of drug-likeness (QED) is 0.838. The Morgan fingerprint density at radius 3 is 2.54 bits per heavy atom. The van der Waals surface area contributed by atoms with Crippen LogP contribution in [0.2, 0.25) is 0 Å². The first-order valence-electron chi connectivity index (χ1n) is 9.41. The van der Waals surface area contributed by atoms with E-state index in [1.165, 1.54) is 5.56 Å². The largest absolute Gasteiger partial charge is 0.399 e. The monoisotopic (exact) mass is 351 g/mol. The Kier molecular flexibility index (Phi) is 5.94. The average molecular weight is 351 g/mol. The minimum atomic E-state index is 0.117. The zero-order valence-electron chi connectivity index (χ0n) is 15.8. The van der Waals surface area contributed by atoms with Crippen molar-refractivity contribution in [2.45, 2.75) is 26.3 Å². The van der Waals surface area contributed by atoms with Crippen LogP contribution in [0.15, 0.2) is 48.5 Å². The van der Waals surface area contributed by atoms with Gasteiger partial charge in [-0.3, -0.25) is 4.79 Å². The molecule has 1 heterocycles. The molecule has 0 atom stereocenters. The molecule has 1 aliphatic rings. The molecule has 138 valence electrons. The number of rotatable bonds is 5. The molecule has 0 aromatic heterocycles. The van der Waals surface area contributed by atoms with Crippen molar-refractivity contribution in [3.63, 3.8) is 0 Å². The topological polar surface area (TPSA) is 49.6 Å². The lowest BCUT2D eigenvalue weighted by Gasteiger charge is -2.34. The van der Waals surface area contributed by atoms with Crippen LogP contribution in [0.5, 0.6) is 0 Å². The van der Waals surface area contributed by atoms with E-state index < -0.39 is 0 Å². The van der Waals surface area contributed by atoms with Gasteiger partial charge in [-0.15, -0.1) is 0 Å². The van der Waals surface area contributed by atoms with Gasteiger partial charge >= 0.3 is 0 Å². The fourth-order valence-corrected chi connectivity index (χ4v) is 3.76. The highest BCUT2D eigenvalue weighted by Gasteiger charge is 2.25. The summed E-state index contributed by atoms with van der Waals surface area (Å²) in [5.74, 6) is 0.764. The predicted molar refractivity (Wildman–Crippen MR) is 107 cm³/mol. The zero-order chi connectivity index (χ0) is 18.5. The SMILES string of the molecule is Cc1ccc(N)cc1C(=O)N1CCC(CN(C)Cc2ccccc2)CC1. The summed E-state index contributed by atoms with van der Waals surface area (Å²) in [4.78, 5) is 17.2. The molecule has 1 fully saturated rings. The average Bonchev–Trinajstić information content (AvgIpc) is 2.64. The third-order valence-corrected chi connectivity index (χ3v) is 5.26. The van der Waals surface area contributed by atoms with Crippen LogP contribution in [0, 0.1) is 12.8 Å². The van der Waals surface area contributed by atoms with E-state index in [1.807, 2.05) is 24.0 Å². The van der Waals surface area contributed by atoms with Gasteiger partial charge in [0.1, 0.15) is 0 Å². The molecule has 2 aromatic carbocycles. The molecule has 1 aliphatic heterocycles. The lowest BCUT2D eigenvalue weighted by molar-refractivity contribution is 0.0671. The van der Waals surface area contributed by atoms with E-state index in [0.717, 1.165) is 50.1 Å². The Labute approximate surface area is 156 Å². The number of nitrogens with two attached hydrogens (primary N) is 1. The number of carbonyl (C=O) groups is 1. The lowest BCUT2D eigenvalue weighted by Crippen LogP contribution is -2.41. The summed E-state index contributed by atoms with van der Waals surface area (Å²) in [7, 11) is 2.18. The molecule has 4 heteroatoms. The number of benzene rings is 2. The highest BCUT2D eigenvalue weighted by Crippen LogP contribution is 2.22. The summed E-state index contributed by atoms with van der Waals surface area (Å²) in [6.07, 6.45) is 2.12. The van der Waals surface area contributed by atoms with Crippen molar-refractivity contribution in [2.75, 3.05) is 32.4 Å². The van der Waals surface area contributed by atoms with Gasteiger partial charge in [-0.2, -0.15) is 0 Å². The molecule has 0 bridgehead atoms. The van der Waals surface area contributed by atoms with Crippen LogP contribution in [0.1, 0.15) is 34.3 Å². The number of nitrogens with zero attached hydrogens (tertiary/aromatic N) is 2. The predicted octanol–water partition coefficient (Wildman–Crippen LogP) is 3.56. The standard InChI is InChI=1S/C22H29N3O/c1-17-8-9-20(23)14-21(17)22(26)25-12-10-19(11-13-25)16-24(2)15-18-6-4-3-5-7-18/h3-9,14,19H,10-13,15-16,23H2,1-2H3. The molecule has 0 saturated carbocycles. The van der Waals surface area contributed by atoms with Crippen molar-refractivity contribution in [1.82, 2.24) is 9.80 Å². The molecule has 4 nitrogen and oxygen atoms in total. The number of amides is 1. The number of likely N-dealkylation sites (tertiary alicyclic amines) is 1. The van der Waals surface area contributed by atoms with E-state index in [4.69, 9.17) is 5.73 Å². The number of piperidine rings is 1. The van der Waals surface area contributed by atoms with Gasteiger partial charge in [0.15, 0.2) is 0 Å². The summed E-state index contributed by atoms with van der Waals surface area (Å²) in [6, 6.07) is 16.2.